The summed E-state index contributed by atoms with van der Waals surface area (Å²) in [6.07, 6.45) is 5.98. The fraction of sp³-hybridized carbons (Fsp3) is 0.643. The van der Waals surface area contributed by atoms with Crippen molar-refractivity contribution in [1.29, 1.82) is 0 Å². The third-order valence-corrected chi connectivity index (χ3v) is 3.63. The first-order valence-electron chi connectivity index (χ1n) is 6.61. The SMILES string of the molecule is CCN(Cc1ccccn1)C1CCCC(O)C1. The van der Waals surface area contributed by atoms with Crippen LogP contribution in [0.3, 0.4) is 0 Å². The highest BCUT2D eigenvalue weighted by Crippen LogP contribution is 2.23. The molecule has 1 aliphatic rings. The molecule has 2 rings (SSSR count). The van der Waals surface area contributed by atoms with Gasteiger partial charge in [0, 0.05) is 18.8 Å². The molecule has 0 radical (unpaired) electrons. The molecule has 3 heteroatoms. The minimum atomic E-state index is -0.105. The first-order valence-corrected chi connectivity index (χ1v) is 6.61. The highest BCUT2D eigenvalue weighted by Gasteiger charge is 2.24. The Morgan fingerprint density at radius 3 is 2.94 bits per heavy atom. The molecule has 0 amide bonds. The van der Waals surface area contributed by atoms with Crippen LogP contribution in [-0.4, -0.2) is 33.7 Å². The van der Waals surface area contributed by atoms with Crippen LogP contribution in [0.5, 0.6) is 0 Å². The Morgan fingerprint density at radius 2 is 2.29 bits per heavy atom. The van der Waals surface area contributed by atoms with Gasteiger partial charge in [0.05, 0.1) is 11.8 Å². The normalized spacial score (nSPS) is 25.1. The van der Waals surface area contributed by atoms with Crippen LogP contribution in [0.4, 0.5) is 0 Å². The molecular formula is C14H22N2O. The molecule has 1 aromatic heterocycles. The minimum Gasteiger partial charge on any atom is -0.393 e. The standard InChI is InChI=1S/C14H22N2O/c1-2-16(11-12-6-3-4-9-15-12)13-7-5-8-14(17)10-13/h3-4,6,9,13-14,17H,2,5,7-8,10-11H2,1H3. The molecule has 1 heterocycles. The van der Waals surface area contributed by atoms with Crippen molar-refractivity contribution in [2.75, 3.05) is 6.54 Å². The maximum atomic E-state index is 9.75. The van der Waals surface area contributed by atoms with Crippen LogP contribution in [-0.2, 0) is 6.54 Å². The first-order chi connectivity index (χ1) is 8.29. The monoisotopic (exact) mass is 234 g/mol. The Morgan fingerprint density at radius 1 is 1.41 bits per heavy atom. The van der Waals surface area contributed by atoms with Crippen molar-refractivity contribution in [1.82, 2.24) is 9.88 Å². The van der Waals surface area contributed by atoms with Crippen molar-refractivity contribution in [3.05, 3.63) is 30.1 Å². The number of aliphatic hydroxyl groups is 1. The molecule has 0 aromatic carbocycles. The van der Waals surface area contributed by atoms with E-state index in [1.807, 2.05) is 18.3 Å². The molecule has 1 saturated carbocycles. The van der Waals surface area contributed by atoms with Crippen LogP contribution < -0.4 is 0 Å². The Kier molecular flexibility index (Phi) is 4.51. The van der Waals surface area contributed by atoms with Gasteiger partial charge < -0.3 is 5.11 Å². The predicted molar refractivity (Wildman–Crippen MR) is 68.6 cm³/mol. The lowest BCUT2D eigenvalue weighted by atomic mass is 9.91. The second-order valence-electron chi connectivity index (χ2n) is 4.86. The second kappa shape index (κ2) is 6.12. The van der Waals surface area contributed by atoms with Crippen LogP contribution in [0.1, 0.15) is 38.3 Å². The lowest BCUT2D eigenvalue weighted by molar-refractivity contribution is 0.0601. The number of aromatic nitrogens is 1. The van der Waals surface area contributed by atoms with E-state index in [0.717, 1.165) is 38.0 Å². The fourth-order valence-corrected chi connectivity index (χ4v) is 2.67. The third kappa shape index (κ3) is 3.51. The molecule has 1 N–H and O–H groups in total. The number of nitrogens with zero attached hydrogens (tertiary/aromatic N) is 2. The Labute approximate surface area is 103 Å². The zero-order chi connectivity index (χ0) is 12.1. The van der Waals surface area contributed by atoms with Crippen LogP contribution in [0, 0.1) is 0 Å². The van der Waals surface area contributed by atoms with Crippen molar-refractivity contribution in [3.63, 3.8) is 0 Å². The summed E-state index contributed by atoms with van der Waals surface area (Å²) in [6, 6.07) is 6.57. The zero-order valence-corrected chi connectivity index (χ0v) is 10.5. The molecule has 1 fully saturated rings. The molecule has 94 valence electrons. The predicted octanol–water partition coefficient (Wildman–Crippen LogP) is 2.21. The van der Waals surface area contributed by atoms with Gasteiger partial charge in [-0.25, -0.2) is 0 Å². The maximum Gasteiger partial charge on any atom is 0.0555 e. The summed E-state index contributed by atoms with van der Waals surface area (Å²) in [4.78, 5) is 6.81. The summed E-state index contributed by atoms with van der Waals surface area (Å²) in [5, 5.41) is 9.75. The van der Waals surface area contributed by atoms with E-state index in [9.17, 15) is 5.11 Å². The first kappa shape index (κ1) is 12.5. The number of pyridine rings is 1. The van der Waals surface area contributed by atoms with Gasteiger partial charge in [0.15, 0.2) is 0 Å². The van der Waals surface area contributed by atoms with E-state index in [1.165, 1.54) is 6.42 Å². The molecule has 2 unspecified atom stereocenters. The molecule has 2 atom stereocenters. The van der Waals surface area contributed by atoms with Crippen LogP contribution >= 0.6 is 0 Å². The van der Waals surface area contributed by atoms with Crippen molar-refractivity contribution in [2.24, 2.45) is 0 Å². The summed E-state index contributed by atoms with van der Waals surface area (Å²) in [5.74, 6) is 0. The Balaban J connectivity index is 1.96. The molecule has 17 heavy (non-hydrogen) atoms. The van der Waals surface area contributed by atoms with Crippen LogP contribution in [0.15, 0.2) is 24.4 Å². The minimum absolute atomic E-state index is 0.105. The maximum absolute atomic E-state index is 9.75. The van der Waals surface area contributed by atoms with Crippen molar-refractivity contribution >= 4 is 0 Å². The molecule has 3 nitrogen and oxygen atoms in total. The smallest absolute Gasteiger partial charge is 0.0555 e. The molecule has 1 aromatic rings. The van der Waals surface area contributed by atoms with Crippen LogP contribution in [0.2, 0.25) is 0 Å². The fourth-order valence-electron chi connectivity index (χ4n) is 2.67. The zero-order valence-electron chi connectivity index (χ0n) is 10.5. The van der Waals surface area contributed by atoms with E-state index in [1.54, 1.807) is 0 Å². The highest BCUT2D eigenvalue weighted by molar-refractivity contribution is 5.03. The molecular weight excluding hydrogens is 212 g/mol. The van der Waals surface area contributed by atoms with Gasteiger partial charge in [0.2, 0.25) is 0 Å². The van der Waals surface area contributed by atoms with E-state index in [2.05, 4.69) is 22.9 Å². The van der Waals surface area contributed by atoms with Crippen molar-refractivity contribution in [3.8, 4) is 0 Å². The molecule has 0 bridgehead atoms. The number of aliphatic hydroxyl groups excluding tert-OH is 1. The van der Waals surface area contributed by atoms with Gasteiger partial charge in [0.1, 0.15) is 0 Å². The average Bonchev–Trinajstić information content (AvgIpc) is 2.37. The van der Waals surface area contributed by atoms with Gasteiger partial charge in [-0.05, 0) is 44.4 Å². The third-order valence-electron chi connectivity index (χ3n) is 3.63. The summed E-state index contributed by atoms with van der Waals surface area (Å²) < 4.78 is 0. The van der Waals surface area contributed by atoms with Gasteiger partial charge in [-0.1, -0.05) is 13.0 Å². The summed E-state index contributed by atoms with van der Waals surface area (Å²) in [5.41, 5.74) is 1.12. The molecule has 0 spiro atoms. The van der Waals surface area contributed by atoms with Gasteiger partial charge in [0.25, 0.3) is 0 Å². The van der Waals surface area contributed by atoms with Gasteiger partial charge in [-0.15, -0.1) is 0 Å². The molecule has 1 aliphatic carbocycles. The second-order valence-corrected chi connectivity index (χ2v) is 4.86. The van der Waals surface area contributed by atoms with Gasteiger partial charge in [-0.2, -0.15) is 0 Å². The van der Waals surface area contributed by atoms with Gasteiger partial charge >= 0.3 is 0 Å². The van der Waals surface area contributed by atoms with E-state index in [-0.39, 0.29) is 6.10 Å². The van der Waals surface area contributed by atoms with Gasteiger partial charge in [-0.3, -0.25) is 9.88 Å². The molecule has 0 aliphatic heterocycles. The largest absolute Gasteiger partial charge is 0.393 e. The quantitative estimate of drug-likeness (QED) is 0.867. The summed E-state index contributed by atoms with van der Waals surface area (Å²) >= 11 is 0. The lowest BCUT2D eigenvalue weighted by Crippen LogP contribution is -2.39. The number of hydrogen-bond donors (Lipinski definition) is 1. The van der Waals surface area contributed by atoms with E-state index >= 15 is 0 Å². The Bertz CT molecular complexity index is 328. The topological polar surface area (TPSA) is 36.4 Å². The lowest BCUT2D eigenvalue weighted by Gasteiger charge is -2.35. The summed E-state index contributed by atoms with van der Waals surface area (Å²) in [7, 11) is 0. The highest BCUT2D eigenvalue weighted by atomic mass is 16.3. The van der Waals surface area contributed by atoms with E-state index in [0.29, 0.717) is 6.04 Å². The van der Waals surface area contributed by atoms with E-state index < -0.39 is 0 Å². The van der Waals surface area contributed by atoms with Crippen LogP contribution in [0.25, 0.3) is 0 Å². The van der Waals surface area contributed by atoms with Crippen molar-refractivity contribution in [2.45, 2.75) is 51.3 Å². The molecule has 0 saturated heterocycles. The number of hydrogen-bond acceptors (Lipinski definition) is 3. The average molecular weight is 234 g/mol. The Hall–Kier alpha value is -0.930. The van der Waals surface area contributed by atoms with E-state index in [4.69, 9.17) is 0 Å². The summed E-state index contributed by atoms with van der Waals surface area (Å²) in [6.45, 7) is 4.10. The number of rotatable bonds is 4. The van der Waals surface area contributed by atoms with Crippen molar-refractivity contribution < 1.29 is 5.11 Å².